The summed E-state index contributed by atoms with van der Waals surface area (Å²) in [6, 6.07) is 7.81. The number of carbonyl (C=O) groups is 1. The molecule has 1 amide bonds. The molecule has 0 aromatic carbocycles. The normalized spacial score (nSPS) is 15.6. The van der Waals surface area contributed by atoms with Gasteiger partial charge in [0.05, 0.1) is 6.54 Å². The summed E-state index contributed by atoms with van der Waals surface area (Å²) in [7, 11) is 0. The number of H-pyrrole nitrogens is 1. The highest BCUT2D eigenvalue weighted by molar-refractivity contribution is 5.91. The highest BCUT2D eigenvalue weighted by atomic mass is 16.2. The van der Waals surface area contributed by atoms with E-state index in [4.69, 9.17) is 0 Å². The molecule has 0 atom stereocenters. The maximum Gasteiger partial charge on any atom is 0.239 e. The molecule has 7 heteroatoms. The number of piperazine rings is 1. The number of anilines is 2. The van der Waals surface area contributed by atoms with Crippen LogP contribution in [0.5, 0.6) is 0 Å². The molecule has 23 heavy (non-hydrogen) atoms. The van der Waals surface area contributed by atoms with Gasteiger partial charge in [-0.3, -0.25) is 14.8 Å². The molecule has 0 spiro atoms. The lowest BCUT2D eigenvalue weighted by Crippen LogP contribution is -2.48. The third-order valence-electron chi connectivity index (χ3n) is 3.99. The zero-order chi connectivity index (χ0) is 16.1. The van der Waals surface area contributed by atoms with Crippen LogP contribution in [0, 0.1) is 0 Å². The summed E-state index contributed by atoms with van der Waals surface area (Å²) < 4.78 is 0. The first-order chi connectivity index (χ1) is 11.2. The SMILES string of the molecule is CCc1cc(NC(=O)CN2CCN(c3ccccn3)CC2)n[nH]1. The van der Waals surface area contributed by atoms with Crippen molar-refractivity contribution in [2.75, 3.05) is 42.9 Å². The number of rotatable bonds is 5. The number of aromatic nitrogens is 3. The number of nitrogens with one attached hydrogen (secondary N) is 2. The number of hydrogen-bond acceptors (Lipinski definition) is 5. The zero-order valence-corrected chi connectivity index (χ0v) is 13.3. The molecular formula is C16H22N6O. The standard InChI is InChI=1S/C16H22N6O/c1-2-13-11-14(20-19-13)18-16(23)12-21-7-9-22(10-8-21)15-5-3-4-6-17-15/h3-6,11H,2,7-10,12H2,1H3,(H2,18,19,20,23). The van der Waals surface area contributed by atoms with Gasteiger partial charge < -0.3 is 10.2 Å². The van der Waals surface area contributed by atoms with Crippen LogP contribution in [0.25, 0.3) is 0 Å². The number of amides is 1. The number of pyridine rings is 1. The lowest BCUT2D eigenvalue weighted by molar-refractivity contribution is -0.117. The van der Waals surface area contributed by atoms with E-state index in [2.05, 4.69) is 30.3 Å². The van der Waals surface area contributed by atoms with Crippen molar-refractivity contribution in [1.82, 2.24) is 20.1 Å². The van der Waals surface area contributed by atoms with Crippen molar-refractivity contribution >= 4 is 17.5 Å². The predicted molar refractivity (Wildman–Crippen MR) is 89.5 cm³/mol. The van der Waals surface area contributed by atoms with Crippen molar-refractivity contribution in [3.05, 3.63) is 36.2 Å². The number of hydrogen-bond donors (Lipinski definition) is 2. The van der Waals surface area contributed by atoms with E-state index >= 15 is 0 Å². The summed E-state index contributed by atoms with van der Waals surface area (Å²) in [5, 5.41) is 9.81. The fourth-order valence-electron chi connectivity index (χ4n) is 2.67. The van der Waals surface area contributed by atoms with Gasteiger partial charge in [0.25, 0.3) is 0 Å². The summed E-state index contributed by atoms with van der Waals surface area (Å²) in [6.07, 6.45) is 2.68. The zero-order valence-electron chi connectivity index (χ0n) is 13.3. The molecule has 0 bridgehead atoms. The number of aryl methyl sites for hydroxylation is 1. The van der Waals surface area contributed by atoms with Gasteiger partial charge in [-0.05, 0) is 18.6 Å². The third-order valence-corrected chi connectivity index (χ3v) is 3.99. The molecule has 2 N–H and O–H groups in total. The number of carbonyl (C=O) groups excluding carboxylic acids is 1. The van der Waals surface area contributed by atoms with Crippen molar-refractivity contribution in [3.8, 4) is 0 Å². The first kappa shape index (κ1) is 15.5. The van der Waals surface area contributed by atoms with Gasteiger partial charge in [0.15, 0.2) is 5.82 Å². The number of nitrogens with zero attached hydrogens (tertiary/aromatic N) is 4. The lowest BCUT2D eigenvalue weighted by Gasteiger charge is -2.34. The maximum absolute atomic E-state index is 12.1. The van der Waals surface area contributed by atoms with Crippen LogP contribution in [0.3, 0.4) is 0 Å². The molecule has 0 radical (unpaired) electrons. The first-order valence-electron chi connectivity index (χ1n) is 7.97. The Balaban J connectivity index is 1.46. The van der Waals surface area contributed by atoms with E-state index in [0.717, 1.165) is 44.1 Å². The molecule has 0 aliphatic carbocycles. The van der Waals surface area contributed by atoms with Gasteiger partial charge >= 0.3 is 0 Å². The lowest BCUT2D eigenvalue weighted by atomic mass is 10.3. The van der Waals surface area contributed by atoms with Crippen LogP contribution in [0.1, 0.15) is 12.6 Å². The van der Waals surface area contributed by atoms with Gasteiger partial charge in [0.2, 0.25) is 5.91 Å². The molecule has 7 nitrogen and oxygen atoms in total. The molecule has 1 saturated heterocycles. The van der Waals surface area contributed by atoms with Crippen molar-refractivity contribution in [2.45, 2.75) is 13.3 Å². The van der Waals surface area contributed by atoms with Crippen LogP contribution < -0.4 is 10.2 Å². The third kappa shape index (κ3) is 4.07. The van der Waals surface area contributed by atoms with E-state index in [0.29, 0.717) is 12.4 Å². The molecule has 122 valence electrons. The van der Waals surface area contributed by atoms with Crippen molar-refractivity contribution in [3.63, 3.8) is 0 Å². The van der Waals surface area contributed by atoms with Gasteiger partial charge in [-0.1, -0.05) is 13.0 Å². The van der Waals surface area contributed by atoms with E-state index in [1.807, 2.05) is 37.4 Å². The number of aromatic amines is 1. The van der Waals surface area contributed by atoms with Gasteiger partial charge in [0.1, 0.15) is 5.82 Å². The van der Waals surface area contributed by atoms with E-state index in [9.17, 15) is 4.79 Å². The molecule has 0 saturated carbocycles. The van der Waals surface area contributed by atoms with E-state index < -0.39 is 0 Å². The Bertz CT molecular complexity index is 633. The van der Waals surface area contributed by atoms with Crippen molar-refractivity contribution in [2.24, 2.45) is 0 Å². The van der Waals surface area contributed by atoms with Gasteiger partial charge in [-0.15, -0.1) is 0 Å². The van der Waals surface area contributed by atoms with Crippen LogP contribution in [0.2, 0.25) is 0 Å². The molecule has 0 unspecified atom stereocenters. The average Bonchev–Trinajstić information content (AvgIpc) is 3.04. The van der Waals surface area contributed by atoms with E-state index in [1.165, 1.54) is 0 Å². The highest BCUT2D eigenvalue weighted by Gasteiger charge is 2.20. The molecule has 3 rings (SSSR count). The summed E-state index contributed by atoms with van der Waals surface area (Å²) >= 11 is 0. The fraction of sp³-hybridized carbons (Fsp3) is 0.438. The van der Waals surface area contributed by atoms with Gasteiger partial charge in [-0.2, -0.15) is 5.10 Å². The van der Waals surface area contributed by atoms with Crippen molar-refractivity contribution < 1.29 is 4.79 Å². The van der Waals surface area contributed by atoms with E-state index in [-0.39, 0.29) is 5.91 Å². The molecule has 1 aliphatic heterocycles. The minimum absolute atomic E-state index is 0.0227. The Kier molecular flexibility index (Phi) is 4.87. The Labute approximate surface area is 135 Å². The fourth-order valence-corrected chi connectivity index (χ4v) is 2.67. The Hall–Kier alpha value is -2.41. The topological polar surface area (TPSA) is 77.2 Å². The second-order valence-corrected chi connectivity index (χ2v) is 5.63. The largest absolute Gasteiger partial charge is 0.354 e. The molecule has 1 aliphatic rings. The minimum atomic E-state index is -0.0227. The van der Waals surface area contributed by atoms with Gasteiger partial charge in [0, 0.05) is 44.1 Å². The summed E-state index contributed by atoms with van der Waals surface area (Å²) in [5.74, 6) is 1.57. The predicted octanol–water partition coefficient (Wildman–Crippen LogP) is 1.13. The molecule has 2 aromatic rings. The Morgan fingerprint density at radius 1 is 1.30 bits per heavy atom. The summed E-state index contributed by atoms with van der Waals surface area (Å²) in [6.45, 7) is 5.90. The second kappa shape index (κ2) is 7.23. The maximum atomic E-state index is 12.1. The van der Waals surface area contributed by atoms with Crippen LogP contribution in [-0.2, 0) is 11.2 Å². The van der Waals surface area contributed by atoms with Crippen LogP contribution >= 0.6 is 0 Å². The summed E-state index contributed by atoms with van der Waals surface area (Å²) in [5.41, 5.74) is 1.02. The Morgan fingerprint density at radius 3 is 2.78 bits per heavy atom. The minimum Gasteiger partial charge on any atom is -0.354 e. The molecular weight excluding hydrogens is 292 g/mol. The smallest absolute Gasteiger partial charge is 0.239 e. The van der Waals surface area contributed by atoms with E-state index in [1.54, 1.807) is 0 Å². The first-order valence-corrected chi connectivity index (χ1v) is 7.97. The quantitative estimate of drug-likeness (QED) is 0.865. The van der Waals surface area contributed by atoms with Crippen LogP contribution in [-0.4, -0.2) is 58.7 Å². The molecule has 3 heterocycles. The second-order valence-electron chi connectivity index (χ2n) is 5.63. The van der Waals surface area contributed by atoms with Gasteiger partial charge in [-0.25, -0.2) is 4.98 Å². The summed E-state index contributed by atoms with van der Waals surface area (Å²) in [4.78, 5) is 20.9. The monoisotopic (exact) mass is 314 g/mol. The van der Waals surface area contributed by atoms with Crippen LogP contribution in [0.4, 0.5) is 11.6 Å². The highest BCUT2D eigenvalue weighted by Crippen LogP contribution is 2.12. The molecule has 2 aromatic heterocycles. The van der Waals surface area contributed by atoms with Crippen molar-refractivity contribution in [1.29, 1.82) is 0 Å². The molecule has 1 fully saturated rings. The Morgan fingerprint density at radius 2 is 2.13 bits per heavy atom. The average molecular weight is 314 g/mol. The van der Waals surface area contributed by atoms with Crippen LogP contribution in [0.15, 0.2) is 30.5 Å².